The van der Waals surface area contributed by atoms with Crippen LogP contribution in [-0.2, 0) is 4.79 Å². The van der Waals surface area contributed by atoms with E-state index >= 15 is 0 Å². The van der Waals surface area contributed by atoms with E-state index in [0.29, 0.717) is 5.92 Å². The number of amides is 1. The van der Waals surface area contributed by atoms with E-state index in [4.69, 9.17) is 0 Å². The van der Waals surface area contributed by atoms with Crippen LogP contribution in [0.1, 0.15) is 26.7 Å². The van der Waals surface area contributed by atoms with Crippen molar-refractivity contribution in [2.24, 2.45) is 5.92 Å². The van der Waals surface area contributed by atoms with E-state index in [9.17, 15) is 4.79 Å². The first-order chi connectivity index (χ1) is 6.16. The van der Waals surface area contributed by atoms with E-state index in [1.807, 2.05) is 11.9 Å². The number of rotatable bonds is 3. The molecule has 1 N–H and O–H groups in total. The Hall–Kier alpha value is -0.570. The molecule has 2 unspecified atom stereocenters. The van der Waals surface area contributed by atoms with Crippen LogP contribution in [0.2, 0.25) is 0 Å². The number of carbonyl (C=O) groups is 1. The number of nitrogens with zero attached hydrogens (tertiary/aromatic N) is 1. The van der Waals surface area contributed by atoms with Crippen molar-refractivity contribution in [2.45, 2.75) is 32.7 Å². The molecule has 0 saturated carbocycles. The van der Waals surface area contributed by atoms with Crippen LogP contribution >= 0.6 is 0 Å². The second kappa shape index (κ2) is 4.61. The molecule has 3 nitrogen and oxygen atoms in total. The fraction of sp³-hybridized carbons (Fsp3) is 0.900. The van der Waals surface area contributed by atoms with Crippen molar-refractivity contribution in [2.75, 3.05) is 20.1 Å². The molecule has 1 saturated heterocycles. The van der Waals surface area contributed by atoms with Crippen molar-refractivity contribution in [1.29, 1.82) is 0 Å². The van der Waals surface area contributed by atoms with Gasteiger partial charge in [0.15, 0.2) is 0 Å². The summed E-state index contributed by atoms with van der Waals surface area (Å²) in [5.74, 6) is 0.749. The van der Waals surface area contributed by atoms with Crippen LogP contribution in [0.25, 0.3) is 0 Å². The minimum atomic E-state index is 0.0662. The lowest BCUT2D eigenvalue weighted by molar-refractivity contribution is -0.132. The summed E-state index contributed by atoms with van der Waals surface area (Å²) in [5, 5.41) is 3.25. The number of hydrogen-bond donors (Lipinski definition) is 1. The third kappa shape index (κ3) is 2.44. The minimum absolute atomic E-state index is 0.0662. The molecule has 0 radical (unpaired) electrons. The fourth-order valence-electron chi connectivity index (χ4n) is 1.85. The molecule has 0 spiro atoms. The number of likely N-dealkylation sites (N-methyl/N-ethyl adjacent to an activating group) is 1. The fourth-order valence-corrected chi connectivity index (χ4v) is 1.85. The van der Waals surface area contributed by atoms with Gasteiger partial charge in [-0.15, -0.1) is 0 Å². The van der Waals surface area contributed by atoms with Crippen molar-refractivity contribution >= 4 is 5.91 Å². The average Bonchev–Trinajstić information content (AvgIpc) is 2.50. The Labute approximate surface area is 80.5 Å². The van der Waals surface area contributed by atoms with E-state index in [2.05, 4.69) is 19.2 Å². The molecule has 1 amide bonds. The summed E-state index contributed by atoms with van der Waals surface area (Å²) in [4.78, 5) is 13.6. The third-order valence-electron chi connectivity index (χ3n) is 2.73. The molecule has 0 aromatic heterocycles. The van der Waals surface area contributed by atoms with Gasteiger partial charge in [-0.1, -0.05) is 13.8 Å². The molecule has 3 heteroatoms. The second-order valence-electron chi connectivity index (χ2n) is 3.96. The zero-order valence-electron chi connectivity index (χ0n) is 8.84. The summed E-state index contributed by atoms with van der Waals surface area (Å²) < 4.78 is 0. The first kappa shape index (κ1) is 10.5. The first-order valence-corrected chi connectivity index (χ1v) is 5.15. The van der Waals surface area contributed by atoms with Gasteiger partial charge in [0.2, 0.25) is 5.91 Å². The maximum atomic E-state index is 11.8. The predicted octanol–water partition coefficient (Wildman–Crippen LogP) is 0.853. The van der Waals surface area contributed by atoms with Crippen molar-refractivity contribution in [1.82, 2.24) is 10.2 Å². The third-order valence-corrected chi connectivity index (χ3v) is 2.73. The Balaban J connectivity index is 2.46. The van der Waals surface area contributed by atoms with Crippen molar-refractivity contribution in [3.63, 3.8) is 0 Å². The highest BCUT2D eigenvalue weighted by atomic mass is 16.2. The largest absolute Gasteiger partial charge is 0.344 e. The molecule has 1 rings (SSSR count). The van der Waals surface area contributed by atoms with E-state index < -0.39 is 0 Å². The highest BCUT2D eigenvalue weighted by Gasteiger charge is 2.30. The minimum Gasteiger partial charge on any atom is -0.344 e. The summed E-state index contributed by atoms with van der Waals surface area (Å²) in [6.07, 6.45) is 2.15. The highest BCUT2D eigenvalue weighted by Crippen LogP contribution is 2.15. The van der Waals surface area contributed by atoms with Gasteiger partial charge in [0.25, 0.3) is 0 Å². The Morgan fingerprint density at radius 1 is 1.62 bits per heavy atom. The molecule has 2 atom stereocenters. The highest BCUT2D eigenvalue weighted by molar-refractivity contribution is 5.82. The lowest BCUT2D eigenvalue weighted by Crippen LogP contribution is -2.44. The summed E-state index contributed by atoms with van der Waals surface area (Å²) >= 11 is 0. The standard InChI is InChI=1S/C10H20N2O/c1-4-7-12(3)10(13)9-8(2)5-6-11-9/h8-9,11H,4-7H2,1-3H3. The lowest BCUT2D eigenvalue weighted by Gasteiger charge is -2.22. The smallest absolute Gasteiger partial charge is 0.239 e. The molecule has 1 aliphatic heterocycles. The predicted molar refractivity (Wildman–Crippen MR) is 53.5 cm³/mol. The molecular weight excluding hydrogens is 164 g/mol. The first-order valence-electron chi connectivity index (χ1n) is 5.15. The molecular formula is C10H20N2O. The van der Waals surface area contributed by atoms with Crippen LogP contribution < -0.4 is 5.32 Å². The summed E-state index contributed by atoms with van der Waals surface area (Å²) in [6, 6.07) is 0.0662. The summed E-state index contributed by atoms with van der Waals surface area (Å²) in [6.45, 7) is 6.08. The second-order valence-corrected chi connectivity index (χ2v) is 3.96. The zero-order chi connectivity index (χ0) is 9.84. The van der Waals surface area contributed by atoms with Gasteiger partial charge in [-0.25, -0.2) is 0 Å². The topological polar surface area (TPSA) is 32.3 Å². The number of nitrogens with one attached hydrogen (secondary N) is 1. The van der Waals surface area contributed by atoms with E-state index in [1.54, 1.807) is 0 Å². The molecule has 76 valence electrons. The molecule has 0 bridgehead atoms. The van der Waals surface area contributed by atoms with Crippen molar-refractivity contribution in [3.05, 3.63) is 0 Å². The van der Waals surface area contributed by atoms with Crippen molar-refractivity contribution < 1.29 is 4.79 Å². The van der Waals surface area contributed by atoms with E-state index in [-0.39, 0.29) is 11.9 Å². The van der Waals surface area contributed by atoms with Gasteiger partial charge in [-0.3, -0.25) is 4.79 Å². The van der Waals surface area contributed by atoms with Gasteiger partial charge in [-0.05, 0) is 25.3 Å². The monoisotopic (exact) mass is 184 g/mol. The molecule has 1 aliphatic rings. The van der Waals surface area contributed by atoms with Crippen molar-refractivity contribution in [3.8, 4) is 0 Å². The van der Waals surface area contributed by atoms with Gasteiger partial charge < -0.3 is 10.2 Å². The van der Waals surface area contributed by atoms with Gasteiger partial charge in [0.1, 0.15) is 0 Å². The van der Waals surface area contributed by atoms with E-state index in [1.165, 1.54) is 0 Å². The molecule has 1 heterocycles. The van der Waals surface area contributed by atoms with Crippen LogP contribution in [-0.4, -0.2) is 37.0 Å². The maximum Gasteiger partial charge on any atom is 0.239 e. The SMILES string of the molecule is CCCN(C)C(=O)C1NCCC1C. The molecule has 13 heavy (non-hydrogen) atoms. The van der Waals surface area contributed by atoms with Crippen LogP contribution in [0.5, 0.6) is 0 Å². The summed E-state index contributed by atoms with van der Waals surface area (Å²) in [5.41, 5.74) is 0. The quantitative estimate of drug-likeness (QED) is 0.705. The lowest BCUT2D eigenvalue weighted by atomic mass is 10.0. The molecule has 0 aromatic carbocycles. The van der Waals surface area contributed by atoms with Crippen LogP contribution in [0, 0.1) is 5.92 Å². The van der Waals surface area contributed by atoms with Gasteiger partial charge in [0, 0.05) is 13.6 Å². The Morgan fingerprint density at radius 2 is 2.31 bits per heavy atom. The molecule has 0 aliphatic carbocycles. The normalized spacial score (nSPS) is 27.6. The molecule has 1 fully saturated rings. The number of hydrogen-bond acceptors (Lipinski definition) is 2. The number of carbonyl (C=O) groups excluding carboxylic acids is 1. The summed E-state index contributed by atoms with van der Waals surface area (Å²) in [7, 11) is 1.89. The average molecular weight is 184 g/mol. The Bertz CT molecular complexity index is 182. The maximum absolute atomic E-state index is 11.8. The van der Waals surface area contributed by atoms with Gasteiger partial charge >= 0.3 is 0 Å². The Morgan fingerprint density at radius 3 is 2.77 bits per heavy atom. The van der Waals surface area contributed by atoms with Crippen LogP contribution in [0.3, 0.4) is 0 Å². The zero-order valence-corrected chi connectivity index (χ0v) is 8.84. The van der Waals surface area contributed by atoms with Crippen LogP contribution in [0.4, 0.5) is 0 Å². The van der Waals surface area contributed by atoms with E-state index in [0.717, 1.165) is 25.9 Å². The Kier molecular flexibility index (Phi) is 3.72. The molecule has 0 aromatic rings. The van der Waals surface area contributed by atoms with Gasteiger partial charge in [0.05, 0.1) is 6.04 Å². The van der Waals surface area contributed by atoms with Crippen LogP contribution in [0.15, 0.2) is 0 Å². The van der Waals surface area contributed by atoms with Gasteiger partial charge in [-0.2, -0.15) is 0 Å².